The number of phenolic OH excluding ortho intramolecular Hbond substituents is 1. The van der Waals surface area contributed by atoms with Crippen molar-refractivity contribution in [3.63, 3.8) is 0 Å². The molecular weight excluding hydrogens is 634 g/mol. The Morgan fingerprint density at radius 3 is 2.35 bits per heavy atom. The first-order valence-electron chi connectivity index (χ1n) is 13.0. The second-order valence-corrected chi connectivity index (χ2v) is 10.0. The number of amides is 2. The molecule has 2 amide bonds. The Kier molecular flexibility index (Phi) is 9.03. The zero-order valence-electron chi connectivity index (χ0n) is 23.4. The van der Waals surface area contributed by atoms with E-state index in [1.165, 1.54) is 41.0 Å². The highest BCUT2D eigenvalue weighted by atomic mass is 19.4. The molecular formula is C27H24F6N6O7. The minimum atomic E-state index is -5.83. The number of nitrogens with zero attached hydrogens (tertiary/aromatic N) is 4. The summed E-state index contributed by atoms with van der Waals surface area (Å²) in [5, 5.41) is 30.2. The number of halogens is 6. The number of aliphatic hydroxyl groups excluding tert-OH is 1. The van der Waals surface area contributed by atoms with Gasteiger partial charge in [0, 0.05) is 23.4 Å². The molecule has 1 aliphatic heterocycles. The van der Waals surface area contributed by atoms with Crippen LogP contribution in [0.3, 0.4) is 0 Å². The van der Waals surface area contributed by atoms with E-state index in [0.29, 0.717) is 23.3 Å². The molecule has 46 heavy (non-hydrogen) atoms. The Hall–Kier alpha value is -5.17. The number of aromatic nitrogens is 2. The lowest BCUT2D eigenvalue weighted by Crippen LogP contribution is -2.58. The molecule has 13 nitrogen and oxygen atoms in total. The number of benzene rings is 2. The fourth-order valence-electron chi connectivity index (χ4n) is 4.63. The van der Waals surface area contributed by atoms with Gasteiger partial charge in [-0.15, -0.1) is 0 Å². The SMILES string of the molecule is Cc1ccc(C(O)(C(=O)NOC(=O)C(F)(F)F)C(F)(F)F)cc1-c1cnc(N)c(N2CC(=O)N(c3ccc(O)cc3)[C@@H](CO)C2)n1. The van der Waals surface area contributed by atoms with Gasteiger partial charge in [0.2, 0.25) is 5.91 Å². The van der Waals surface area contributed by atoms with E-state index in [-0.39, 0.29) is 47.3 Å². The third-order valence-corrected chi connectivity index (χ3v) is 6.95. The molecule has 2 heterocycles. The summed E-state index contributed by atoms with van der Waals surface area (Å²) in [7, 11) is 0. The van der Waals surface area contributed by atoms with Crippen LogP contribution < -0.4 is 21.0 Å². The average Bonchev–Trinajstić information content (AvgIpc) is 2.99. The Labute approximate surface area is 254 Å². The zero-order chi connectivity index (χ0) is 34.2. The summed E-state index contributed by atoms with van der Waals surface area (Å²) in [6.07, 6.45) is -10.4. The lowest BCUT2D eigenvalue weighted by atomic mass is 9.89. The van der Waals surface area contributed by atoms with Crippen molar-refractivity contribution < 1.29 is 60.9 Å². The number of aromatic hydroxyl groups is 1. The van der Waals surface area contributed by atoms with Crippen LogP contribution in [0.2, 0.25) is 0 Å². The Balaban J connectivity index is 1.69. The predicted octanol–water partition coefficient (Wildman–Crippen LogP) is 1.84. The molecule has 1 aromatic heterocycles. The zero-order valence-corrected chi connectivity index (χ0v) is 23.4. The van der Waals surface area contributed by atoms with Gasteiger partial charge in [0.25, 0.3) is 11.5 Å². The standard InChI is InChI=1S/C27H24F6N6O7/c1-13-2-3-14(25(45,27(31,32)33)23(43)37-46-24(44)26(28,29)30)8-18(13)19-9-35-21(34)22(36-19)38-10-16(12-40)39(20(42)11-38)15-4-6-17(41)7-5-15/h2-9,16,40-41,45H,10-12H2,1H3,(H2,34,35)(H,37,43)/t16-,25?/m1/s1. The molecule has 0 aliphatic carbocycles. The topological polar surface area (TPSA) is 191 Å². The van der Waals surface area contributed by atoms with E-state index in [1.807, 2.05) is 0 Å². The van der Waals surface area contributed by atoms with Gasteiger partial charge in [-0.25, -0.2) is 14.8 Å². The van der Waals surface area contributed by atoms with Crippen LogP contribution >= 0.6 is 0 Å². The van der Waals surface area contributed by atoms with Gasteiger partial charge in [0.05, 0.1) is 31.1 Å². The van der Waals surface area contributed by atoms with Gasteiger partial charge in [-0.2, -0.15) is 31.8 Å². The molecule has 4 rings (SSSR count). The lowest BCUT2D eigenvalue weighted by molar-refractivity contribution is -0.262. The van der Waals surface area contributed by atoms with Crippen LogP contribution in [0, 0.1) is 6.92 Å². The number of aliphatic hydroxyl groups is 2. The number of nitrogens with two attached hydrogens (primary N) is 1. The lowest BCUT2D eigenvalue weighted by Gasteiger charge is -2.41. The number of carbonyl (C=O) groups is 3. The summed E-state index contributed by atoms with van der Waals surface area (Å²) < 4.78 is 79.5. The number of hydrogen-bond acceptors (Lipinski definition) is 11. The Bertz CT molecular complexity index is 1650. The van der Waals surface area contributed by atoms with E-state index < -0.39 is 53.9 Å². The smallest absolute Gasteiger partial charge is 0.493 e. The van der Waals surface area contributed by atoms with Gasteiger partial charge < -0.3 is 35.7 Å². The van der Waals surface area contributed by atoms with Crippen LogP contribution in [-0.4, -0.2) is 81.2 Å². The van der Waals surface area contributed by atoms with Crippen LogP contribution in [0.15, 0.2) is 48.7 Å². The molecule has 0 radical (unpaired) electrons. The predicted molar refractivity (Wildman–Crippen MR) is 146 cm³/mol. The summed E-state index contributed by atoms with van der Waals surface area (Å²) in [6, 6.07) is 7.23. The summed E-state index contributed by atoms with van der Waals surface area (Å²) in [4.78, 5) is 50.9. The normalized spacial score (nSPS) is 17.0. The number of hydrogen-bond donors (Lipinski definition) is 5. The van der Waals surface area contributed by atoms with Gasteiger partial charge >= 0.3 is 18.3 Å². The molecule has 246 valence electrons. The van der Waals surface area contributed by atoms with Gasteiger partial charge in [0.1, 0.15) is 5.75 Å². The molecule has 1 aliphatic rings. The van der Waals surface area contributed by atoms with Crippen molar-refractivity contribution in [2.45, 2.75) is 30.9 Å². The molecule has 0 bridgehead atoms. The highest BCUT2D eigenvalue weighted by molar-refractivity contribution is 5.99. The quantitative estimate of drug-likeness (QED) is 0.192. The third-order valence-electron chi connectivity index (χ3n) is 6.95. The maximum absolute atomic E-state index is 14.1. The molecule has 2 atom stereocenters. The first-order valence-corrected chi connectivity index (χ1v) is 13.0. The van der Waals surface area contributed by atoms with E-state index in [0.717, 1.165) is 12.3 Å². The minimum absolute atomic E-state index is 0.0326. The molecule has 1 fully saturated rings. The maximum Gasteiger partial charge on any atom is 0.493 e. The highest BCUT2D eigenvalue weighted by Gasteiger charge is 2.61. The Morgan fingerprint density at radius 1 is 1.11 bits per heavy atom. The number of piperazine rings is 1. The second-order valence-electron chi connectivity index (χ2n) is 10.0. The molecule has 0 spiro atoms. The largest absolute Gasteiger partial charge is 0.508 e. The van der Waals surface area contributed by atoms with Crippen LogP contribution in [0.25, 0.3) is 11.3 Å². The summed E-state index contributed by atoms with van der Waals surface area (Å²) >= 11 is 0. The summed E-state index contributed by atoms with van der Waals surface area (Å²) in [6.45, 7) is 0.558. The molecule has 6 N–H and O–H groups in total. The van der Waals surface area contributed by atoms with E-state index in [1.54, 1.807) is 0 Å². The van der Waals surface area contributed by atoms with Crippen molar-refractivity contribution in [2.75, 3.05) is 35.2 Å². The van der Waals surface area contributed by atoms with Crippen molar-refractivity contribution in [3.05, 3.63) is 59.8 Å². The van der Waals surface area contributed by atoms with Crippen molar-refractivity contribution >= 4 is 35.1 Å². The van der Waals surface area contributed by atoms with Crippen molar-refractivity contribution in [1.82, 2.24) is 15.4 Å². The molecule has 0 saturated carbocycles. The van der Waals surface area contributed by atoms with Crippen molar-refractivity contribution in [3.8, 4) is 17.0 Å². The summed E-state index contributed by atoms with van der Waals surface area (Å²) in [5.41, 5.74) is 1.38. The number of nitrogen functional groups attached to an aromatic ring is 1. The first-order chi connectivity index (χ1) is 21.4. The Morgan fingerprint density at radius 2 is 1.76 bits per heavy atom. The van der Waals surface area contributed by atoms with Crippen LogP contribution in [-0.2, 0) is 24.8 Å². The van der Waals surface area contributed by atoms with Crippen LogP contribution in [0.4, 0.5) is 43.7 Å². The monoisotopic (exact) mass is 658 g/mol. The van der Waals surface area contributed by atoms with Crippen molar-refractivity contribution in [2.24, 2.45) is 0 Å². The van der Waals surface area contributed by atoms with Gasteiger partial charge in [0.15, 0.2) is 11.6 Å². The molecule has 1 saturated heterocycles. The highest BCUT2D eigenvalue weighted by Crippen LogP contribution is 2.41. The number of nitrogens with one attached hydrogen (secondary N) is 1. The van der Waals surface area contributed by atoms with Crippen LogP contribution in [0.1, 0.15) is 11.1 Å². The number of rotatable bonds is 6. The molecule has 1 unspecified atom stereocenters. The second kappa shape index (κ2) is 12.3. The number of aryl methyl sites for hydroxylation is 1. The number of carbonyl (C=O) groups excluding carboxylic acids is 3. The minimum Gasteiger partial charge on any atom is -0.508 e. The van der Waals surface area contributed by atoms with E-state index >= 15 is 0 Å². The number of phenols is 1. The number of hydroxylamine groups is 1. The molecule has 19 heteroatoms. The van der Waals surface area contributed by atoms with Gasteiger partial charge in [-0.1, -0.05) is 12.1 Å². The molecule has 2 aromatic carbocycles. The number of alkyl halides is 6. The third kappa shape index (κ3) is 6.45. The first kappa shape index (κ1) is 33.7. The summed E-state index contributed by atoms with van der Waals surface area (Å²) in [5.74, 6) is -6.43. The van der Waals surface area contributed by atoms with Crippen LogP contribution in [0.5, 0.6) is 5.75 Å². The van der Waals surface area contributed by atoms with Crippen molar-refractivity contribution in [1.29, 1.82) is 0 Å². The fraction of sp³-hybridized carbons (Fsp3) is 0.296. The van der Waals surface area contributed by atoms with Gasteiger partial charge in [-0.05, 0) is 42.8 Å². The van der Waals surface area contributed by atoms with E-state index in [2.05, 4.69) is 14.8 Å². The number of anilines is 3. The van der Waals surface area contributed by atoms with E-state index in [9.17, 15) is 56.0 Å². The van der Waals surface area contributed by atoms with E-state index in [4.69, 9.17) is 5.73 Å². The fourth-order valence-corrected chi connectivity index (χ4v) is 4.63. The van der Waals surface area contributed by atoms with Gasteiger partial charge in [-0.3, -0.25) is 9.59 Å². The maximum atomic E-state index is 14.1. The molecule has 3 aromatic rings. The average molecular weight is 659 g/mol.